The summed E-state index contributed by atoms with van der Waals surface area (Å²) in [4.78, 5) is 30.9. The van der Waals surface area contributed by atoms with Crippen molar-refractivity contribution in [3.8, 4) is 11.3 Å². The summed E-state index contributed by atoms with van der Waals surface area (Å²) < 4.78 is 0. The summed E-state index contributed by atoms with van der Waals surface area (Å²) in [6.45, 7) is 4.22. The van der Waals surface area contributed by atoms with Crippen molar-refractivity contribution < 1.29 is 9.59 Å². The molecule has 0 saturated carbocycles. The van der Waals surface area contributed by atoms with Crippen LogP contribution in [0.3, 0.4) is 0 Å². The van der Waals surface area contributed by atoms with Gasteiger partial charge in [-0.2, -0.15) is 0 Å². The molecule has 0 unspecified atom stereocenters. The van der Waals surface area contributed by atoms with Gasteiger partial charge in [-0.05, 0) is 49.8 Å². The van der Waals surface area contributed by atoms with E-state index in [1.54, 1.807) is 31.3 Å². The van der Waals surface area contributed by atoms with Crippen LogP contribution >= 0.6 is 0 Å². The first kappa shape index (κ1) is 23.2. The van der Waals surface area contributed by atoms with Gasteiger partial charge in [0.2, 0.25) is 5.91 Å². The minimum atomic E-state index is -0.0946. The molecule has 3 aromatic rings. The highest BCUT2D eigenvalue weighted by Gasteiger charge is 2.11. The molecular weight excluding hydrogens is 400 g/mol. The van der Waals surface area contributed by atoms with Crippen molar-refractivity contribution in [1.29, 1.82) is 0 Å². The zero-order chi connectivity index (χ0) is 22.8. The Hall–Kier alpha value is -3.51. The zero-order valence-corrected chi connectivity index (χ0v) is 18.7. The summed E-state index contributed by atoms with van der Waals surface area (Å²) in [5.74, 6) is -0.160. The highest BCUT2D eigenvalue weighted by atomic mass is 16.2. The number of hydrogen-bond acceptors (Lipinski definition) is 4. The van der Waals surface area contributed by atoms with Gasteiger partial charge < -0.3 is 15.5 Å². The fraction of sp³-hybridized carbons (Fsp3) is 0.269. The van der Waals surface area contributed by atoms with Crippen LogP contribution in [0.25, 0.3) is 11.3 Å². The molecule has 6 heteroatoms. The topological polar surface area (TPSA) is 74.3 Å². The third-order valence-corrected chi connectivity index (χ3v) is 5.12. The van der Waals surface area contributed by atoms with E-state index in [1.165, 1.54) is 5.56 Å². The van der Waals surface area contributed by atoms with Crippen LogP contribution in [-0.4, -0.2) is 41.8 Å². The standard InChI is InChI=1S/C26H30N4O2/c1-3-24(31)29-23-11-7-16-27-25(23)21-12-14-22(15-13-21)26(32)28-17-8-18-30(2)19-20-9-5-4-6-10-20/h4-7,9-16H,3,8,17-19H2,1-2H3,(H,28,32)(H,29,31). The lowest BCUT2D eigenvalue weighted by Gasteiger charge is -2.16. The number of anilines is 1. The zero-order valence-electron chi connectivity index (χ0n) is 18.7. The van der Waals surface area contributed by atoms with Crippen LogP contribution in [0.1, 0.15) is 35.7 Å². The molecule has 1 heterocycles. The lowest BCUT2D eigenvalue weighted by Crippen LogP contribution is -2.28. The molecule has 0 fully saturated rings. The van der Waals surface area contributed by atoms with Crippen molar-refractivity contribution in [2.24, 2.45) is 0 Å². The molecule has 0 aliphatic carbocycles. The van der Waals surface area contributed by atoms with Gasteiger partial charge in [0.25, 0.3) is 5.91 Å². The largest absolute Gasteiger partial charge is 0.352 e. The maximum absolute atomic E-state index is 12.5. The van der Waals surface area contributed by atoms with Gasteiger partial charge in [0.05, 0.1) is 11.4 Å². The third-order valence-electron chi connectivity index (χ3n) is 5.12. The van der Waals surface area contributed by atoms with Gasteiger partial charge in [-0.15, -0.1) is 0 Å². The van der Waals surface area contributed by atoms with Gasteiger partial charge in [-0.3, -0.25) is 14.6 Å². The third kappa shape index (κ3) is 6.75. The number of carbonyl (C=O) groups excluding carboxylic acids is 2. The lowest BCUT2D eigenvalue weighted by atomic mass is 10.1. The molecule has 0 saturated heterocycles. The molecule has 166 valence electrons. The summed E-state index contributed by atoms with van der Waals surface area (Å²) in [5.41, 5.74) is 4.07. The Balaban J connectivity index is 1.50. The Bertz CT molecular complexity index is 1020. The molecule has 0 radical (unpaired) electrons. The van der Waals surface area contributed by atoms with E-state index in [0.717, 1.165) is 25.1 Å². The monoisotopic (exact) mass is 430 g/mol. The second-order valence-electron chi connectivity index (χ2n) is 7.71. The smallest absolute Gasteiger partial charge is 0.251 e. The van der Waals surface area contributed by atoms with Crippen molar-refractivity contribution in [3.05, 3.63) is 84.1 Å². The lowest BCUT2D eigenvalue weighted by molar-refractivity contribution is -0.115. The van der Waals surface area contributed by atoms with Gasteiger partial charge >= 0.3 is 0 Å². The van der Waals surface area contributed by atoms with Gasteiger partial charge in [0.1, 0.15) is 0 Å². The minimum absolute atomic E-state index is 0.0651. The summed E-state index contributed by atoms with van der Waals surface area (Å²) in [7, 11) is 2.09. The number of aromatic nitrogens is 1. The molecule has 2 N–H and O–H groups in total. The van der Waals surface area contributed by atoms with Crippen molar-refractivity contribution >= 4 is 17.5 Å². The van der Waals surface area contributed by atoms with E-state index in [0.29, 0.717) is 29.9 Å². The molecule has 1 aromatic heterocycles. The summed E-state index contributed by atoms with van der Waals surface area (Å²) in [6.07, 6.45) is 2.96. The number of amides is 2. The number of carbonyl (C=O) groups is 2. The van der Waals surface area contributed by atoms with Crippen LogP contribution in [0.2, 0.25) is 0 Å². The van der Waals surface area contributed by atoms with Crippen LogP contribution in [0.5, 0.6) is 0 Å². The van der Waals surface area contributed by atoms with E-state index < -0.39 is 0 Å². The normalized spacial score (nSPS) is 10.7. The first-order valence-corrected chi connectivity index (χ1v) is 10.9. The Morgan fingerprint density at radius 2 is 1.72 bits per heavy atom. The molecule has 0 aliphatic rings. The van der Waals surface area contributed by atoms with E-state index >= 15 is 0 Å². The van der Waals surface area contributed by atoms with Crippen LogP contribution in [0, 0.1) is 0 Å². The molecule has 32 heavy (non-hydrogen) atoms. The van der Waals surface area contributed by atoms with Gasteiger partial charge in [-0.25, -0.2) is 0 Å². The number of nitrogens with one attached hydrogen (secondary N) is 2. The summed E-state index contributed by atoms with van der Waals surface area (Å²) >= 11 is 0. The predicted molar refractivity (Wildman–Crippen MR) is 128 cm³/mol. The van der Waals surface area contributed by atoms with Gasteiger partial charge in [0.15, 0.2) is 0 Å². The van der Waals surface area contributed by atoms with Crippen LogP contribution < -0.4 is 10.6 Å². The van der Waals surface area contributed by atoms with Crippen molar-refractivity contribution in [2.75, 3.05) is 25.5 Å². The van der Waals surface area contributed by atoms with Crippen LogP contribution in [0.15, 0.2) is 72.9 Å². The van der Waals surface area contributed by atoms with E-state index in [9.17, 15) is 9.59 Å². The maximum atomic E-state index is 12.5. The second-order valence-corrected chi connectivity index (χ2v) is 7.71. The molecule has 0 atom stereocenters. The molecule has 0 aliphatic heterocycles. The minimum Gasteiger partial charge on any atom is -0.352 e. The highest BCUT2D eigenvalue weighted by Crippen LogP contribution is 2.25. The second kappa shape index (κ2) is 11.8. The summed E-state index contributed by atoms with van der Waals surface area (Å²) in [6, 6.07) is 21.2. The van der Waals surface area contributed by atoms with Crippen LogP contribution in [0.4, 0.5) is 5.69 Å². The Morgan fingerprint density at radius 1 is 0.969 bits per heavy atom. The van der Waals surface area contributed by atoms with Crippen LogP contribution in [-0.2, 0) is 11.3 Å². The van der Waals surface area contributed by atoms with Gasteiger partial charge in [-0.1, -0.05) is 49.4 Å². The number of nitrogens with zero attached hydrogens (tertiary/aromatic N) is 2. The fourth-order valence-corrected chi connectivity index (χ4v) is 3.38. The van der Waals surface area contributed by atoms with Gasteiger partial charge in [0, 0.05) is 36.8 Å². The SMILES string of the molecule is CCC(=O)Nc1cccnc1-c1ccc(C(=O)NCCCN(C)Cc2ccccc2)cc1. The molecule has 6 nitrogen and oxygen atoms in total. The first-order valence-electron chi connectivity index (χ1n) is 10.9. The number of hydrogen-bond donors (Lipinski definition) is 2. The average molecular weight is 431 g/mol. The van der Waals surface area contributed by atoms with E-state index in [2.05, 4.69) is 39.7 Å². The number of rotatable bonds is 10. The van der Waals surface area contributed by atoms with E-state index in [1.807, 2.05) is 36.4 Å². The Morgan fingerprint density at radius 3 is 2.44 bits per heavy atom. The average Bonchev–Trinajstić information content (AvgIpc) is 2.82. The molecule has 0 spiro atoms. The number of benzene rings is 2. The molecule has 2 aromatic carbocycles. The van der Waals surface area contributed by atoms with E-state index in [4.69, 9.17) is 0 Å². The Labute approximate surface area is 189 Å². The molecule has 3 rings (SSSR count). The quantitative estimate of drug-likeness (QED) is 0.469. The van der Waals surface area contributed by atoms with E-state index in [-0.39, 0.29) is 11.8 Å². The molecular formula is C26H30N4O2. The fourth-order valence-electron chi connectivity index (χ4n) is 3.38. The molecule has 0 bridgehead atoms. The predicted octanol–water partition coefficient (Wildman–Crippen LogP) is 4.35. The molecule has 2 amide bonds. The van der Waals surface area contributed by atoms with Crippen molar-refractivity contribution in [2.45, 2.75) is 26.3 Å². The maximum Gasteiger partial charge on any atom is 0.251 e. The van der Waals surface area contributed by atoms with Crippen molar-refractivity contribution in [1.82, 2.24) is 15.2 Å². The summed E-state index contributed by atoms with van der Waals surface area (Å²) in [5, 5.41) is 5.85. The van der Waals surface area contributed by atoms with Crippen molar-refractivity contribution in [3.63, 3.8) is 0 Å². The number of pyridine rings is 1. The first-order chi connectivity index (χ1) is 15.6. The Kier molecular flexibility index (Phi) is 8.52. The highest BCUT2D eigenvalue weighted by molar-refractivity contribution is 5.96.